The van der Waals surface area contributed by atoms with Crippen LogP contribution in [0.2, 0.25) is 0 Å². The Hall–Kier alpha value is -1.95. The number of carbonyl (C=O) groups is 2. The second-order valence-electron chi connectivity index (χ2n) is 5.61. The number of rotatable bonds is 7. The topological polar surface area (TPSA) is 72.6 Å². The third-order valence-electron chi connectivity index (χ3n) is 3.27. The third kappa shape index (κ3) is 5.11. The smallest absolute Gasteiger partial charge is 0.331 e. The Balaban J connectivity index is 2.87. The van der Waals surface area contributed by atoms with Crippen molar-refractivity contribution in [1.29, 1.82) is 0 Å². The summed E-state index contributed by atoms with van der Waals surface area (Å²) in [6.45, 7) is 3.77. The van der Waals surface area contributed by atoms with Crippen molar-refractivity contribution >= 4 is 11.9 Å². The number of benzene rings is 1. The molecule has 0 aromatic heterocycles. The van der Waals surface area contributed by atoms with Crippen molar-refractivity contribution in [3.63, 3.8) is 0 Å². The molecule has 0 spiro atoms. The van der Waals surface area contributed by atoms with E-state index < -0.39 is 24.0 Å². The van der Waals surface area contributed by atoms with Crippen molar-refractivity contribution in [2.24, 2.45) is 11.7 Å². The van der Waals surface area contributed by atoms with Crippen LogP contribution in [-0.4, -0.2) is 36.2 Å². The van der Waals surface area contributed by atoms with Crippen molar-refractivity contribution in [1.82, 2.24) is 5.12 Å². The van der Waals surface area contributed by atoms with Crippen molar-refractivity contribution in [2.45, 2.75) is 38.8 Å². The average Bonchev–Trinajstić information content (AvgIpc) is 2.50. The van der Waals surface area contributed by atoms with Gasteiger partial charge in [-0.3, -0.25) is 4.79 Å². The van der Waals surface area contributed by atoms with Gasteiger partial charge in [-0.15, -0.1) is 0 Å². The number of ether oxygens (including phenoxy) is 1. The molecular weight excluding hydrogens is 287 g/mol. The molecule has 0 aliphatic carbocycles. The molecule has 1 aromatic carbocycles. The van der Waals surface area contributed by atoms with E-state index in [2.05, 4.69) is 4.74 Å². The van der Waals surface area contributed by atoms with Gasteiger partial charge in [-0.05, 0) is 17.9 Å². The van der Waals surface area contributed by atoms with Crippen LogP contribution >= 0.6 is 0 Å². The number of nitrogens with two attached hydrogens (primary N) is 1. The van der Waals surface area contributed by atoms with E-state index in [0.717, 1.165) is 12.7 Å². The summed E-state index contributed by atoms with van der Waals surface area (Å²) >= 11 is 0. The van der Waals surface area contributed by atoms with E-state index in [0.29, 0.717) is 6.42 Å². The maximum absolute atomic E-state index is 14.4. The Labute approximate surface area is 130 Å². The first-order valence-electron chi connectivity index (χ1n) is 7.23. The van der Waals surface area contributed by atoms with Crippen LogP contribution in [0.4, 0.5) is 4.48 Å². The number of esters is 1. The molecule has 22 heavy (non-hydrogen) atoms. The van der Waals surface area contributed by atoms with Crippen LogP contribution in [0.5, 0.6) is 0 Å². The second kappa shape index (κ2) is 8.48. The third-order valence-corrected chi connectivity index (χ3v) is 3.27. The number of nitrogens with zero attached hydrogens (tertiary/aromatic N) is 1. The molecule has 2 N–H and O–H groups in total. The molecule has 5 nitrogen and oxygen atoms in total. The second-order valence-corrected chi connectivity index (χ2v) is 5.61. The Bertz CT molecular complexity index is 493. The summed E-state index contributed by atoms with van der Waals surface area (Å²) in [4.78, 5) is 23.9. The molecule has 0 radical (unpaired) electrons. The molecule has 0 fully saturated rings. The SMILES string of the molecule is COC(=O)C(Cc1ccccc1)N(F)C(=O)C(N)CC(C)C. The van der Waals surface area contributed by atoms with Gasteiger partial charge >= 0.3 is 5.97 Å². The molecule has 0 saturated carbocycles. The van der Waals surface area contributed by atoms with E-state index in [1.165, 1.54) is 0 Å². The Kier molecular flexibility index (Phi) is 6.98. The minimum Gasteiger partial charge on any atom is -0.467 e. The lowest BCUT2D eigenvalue weighted by Gasteiger charge is -2.24. The summed E-state index contributed by atoms with van der Waals surface area (Å²) in [7, 11) is 1.16. The summed E-state index contributed by atoms with van der Waals surface area (Å²) < 4.78 is 19.0. The summed E-state index contributed by atoms with van der Waals surface area (Å²) in [5, 5.41) is -0.0914. The first kappa shape index (κ1) is 18.1. The van der Waals surface area contributed by atoms with Crippen LogP contribution in [0.25, 0.3) is 0 Å². The standard InChI is InChI=1S/C16H23FN2O3/c1-11(2)9-13(18)15(20)19(17)14(16(21)22-3)10-12-7-5-4-6-8-12/h4-8,11,13-14H,9-10,18H2,1-3H3. The van der Waals surface area contributed by atoms with E-state index >= 15 is 0 Å². The first-order valence-corrected chi connectivity index (χ1v) is 7.23. The fourth-order valence-corrected chi connectivity index (χ4v) is 2.15. The summed E-state index contributed by atoms with van der Waals surface area (Å²) in [6.07, 6.45) is 0.378. The van der Waals surface area contributed by atoms with Gasteiger partial charge in [-0.1, -0.05) is 48.7 Å². The molecule has 1 rings (SSSR count). The molecule has 6 heteroatoms. The normalized spacial score (nSPS) is 13.5. The molecule has 0 aliphatic heterocycles. The maximum atomic E-state index is 14.4. The van der Waals surface area contributed by atoms with E-state index in [1.54, 1.807) is 24.3 Å². The zero-order chi connectivity index (χ0) is 16.7. The Morgan fingerprint density at radius 2 is 1.86 bits per heavy atom. The van der Waals surface area contributed by atoms with Gasteiger partial charge in [0, 0.05) is 6.42 Å². The highest BCUT2D eigenvalue weighted by molar-refractivity contribution is 5.86. The van der Waals surface area contributed by atoms with Gasteiger partial charge in [0.15, 0.2) is 6.04 Å². The van der Waals surface area contributed by atoms with Crippen molar-refractivity contribution in [3.05, 3.63) is 35.9 Å². The lowest BCUT2D eigenvalue weighted by Crippen LogP contribution is -2.49. The molecular formula is C16H23FN2O3. The molecule has 1 amide bonds. The predicted octanol–water partition coefficient (Wildman–Crippen LogP) is 1.86. The van der Waals surface area contributed by atoms with Gasteiger partial charge in [0.1, 0.15) is 0 Å². The Morgan fingerprint density at radius 1 is 1.27 bits per heavy atom. The van der Waals surface area contributed by atoms with Crippen LogP contribution in [-0.2, 0) is 20.7 Å². The van der Waals surface area contributed by atoms with Crippen LogP contribution in [0.15, 0.2) is 30.3 Å². The number of methoxy groups -OCH3 is 1. The molecule has 0 saturated heterocycles. The minimum atomic E-state index is -1.34. The van der Waals surface area contributed by atoms with E-state index in [-0.39, 0.29) is 17.5 Å². The van der Waals surface area contributed by atoms with Crippen molar-refractivity contribution < 1.29 is 18.8 Å². The van der Waals surface area contributed by atoms with Crippen molar-refractivity contribution in [2.75, 3.05) is 7.11 Å². The summed E-state index contributed by atoms with van der Waals surface area (Å²) in [5.41, 5.74) is 6.44. The van der Waals surface area contributed by atoms with Crippen LogP contribution in [0.1, 0.15) is 25.8 Å². The van der Waals surface area contributed by atoms with Crippen LogP contribution in [0.3, 0.4) is 0 Å². The van der Waals surface area contributed by atoms with Gasteiger partial charge in [-0.25, -0.2) is 4.79 Å². The minimum absolute atomic E-state index is 0.0319. The van der Waals surface area contributed by atoms with E-state index in [9.17, 15) is 14.1 Å². The van der Waals surface area contributed by atoms with Gasteiger partial charge in [0.25, 0.3) is 5.91 Å². The zero-order valence-corrected chi connectivity index (χ0v) is 13.2. The molecule has 0 aliphatic rings. The number of carbonyl (C=O) groups excluding carboxylic acids is 2. The molecule has 0 heterocycles. The lowest BCUT2D eigenvalue weighted by atomic mass is 10.0. The van der Waals surface area contributed by atoms with Crippen LogP contribution in [0, 0.1) is 5.92 Å². The monoisotopic (exact) mass is 310 g/mol. The fraction of sp³-hybridized carbons (Fsp3) is 0.500. The van der Waals surface area contributed by atoms with Gasteiger partial charge in [0.05, 0.1) is 13.2 Å². The van der Waals surface area contributed by atoms with Gasteiger partial charge in [-0.2, -0.15) is 5.12 Å². The lowest BCUT2D eigenvalue weighted by molar-refractivity contribution is -0.168. The predicted molar refractivity (Wildman–Crippen MR) is 81.3 cm³/mol. The average molecular weight is 310 g/mol. The number of hydrogen-bond donors (Lipinski definition) is 1. The molecule has 0 bridgehead atoms. The molecule has 1 aromatic rings. The first-order chi connectivity index (χ1) is 10.4. The number of halogens is 1. The summed E-state index contributed by atoms with van der Waals surface area (Å²) in [6, 6.07) is 6.56. The quantitative estimate of drug-likeness (QED) is 0.616. The van der Waals surface area contributed by atoms with Crippen molar-refractivity contribution in [3.8, 4) is 0 Å². The number of hydrogen-bond acceptors (Lipinski definition) is 4. The van der Waals surface area contributed by atoms with Gasteiger partial charge in [0.2, 0.25) is 0 Å². The van der Waals surface area contributed by atoms with Gasteiger partial charge < -0.3 is 10.5 Å². The van der Waals surface area contributed by atoms with E-state index in [4.69, 9.17) is 5.73 Å². The van der Waals surface area contributed by atoms with E-state index in [1.807, 2.05) is 19.9 Å². The summed E-state index contributed by atoms with van der Waals surface area (Å²) in [5.74, 6) is -1.56. The number of amides is 1. The van der Waals surface area contributed by atoms with Crippen LogP contribution < -0.4 is 5.73 Å². The highest BCUT2D eigenvalue weighted by atomic mass is 19.2. The molecule has 122 valence electrons. The molecule has 2 unspecified atom stereocenters. The Morgan fingerprint density at radius 3 is 2.36 bits per heavy atom. The fourth-order valence-electron chi connectivity index (χ4n) is 2.15. The zero-order valence-electron chi connectivity index (χ0n) is 13.2. The molecule has 2 atom stereocenters. The highest BCUT2D eigenvalue weighted by Gasteiger charge is 2.34. The largest absolute Gasteiger partial charge is 0.467 e. The maximum Gasteiger partial charge on any atom is 0.331 e. The highest BCUT2D eigenvalue weighted by Crippen LogP contribution is 2.14.